The van der Waals surface area contributed by atoms with Crippen molar-refractivity contribution in [1.29, 1.82) is 0 Å². The van der Waals surface area contributed by atoms with Crippen LogP contribution in [0.5, 0.6) is 0 Å². The van der Waals surface area contributed by atoms with Gasteiger partial charge in [0.15, 0.2) is 0 Å². The summed E-state index contributed by atoms with van der Waals surface area (Å²) in [4.78, 5) is 28.3. The summed E-state index contributed by atoms with van der Waals surface area (Å²) >= 11 is 0. The number of aliphatic hydroxyl groups excluding tert-OH is 3. The fourth-order valence-electron chi connectivity index (χ4n) is 0.817. The molecule has 0 aromatic carbocycles. The quantitative estimate of drug-likeness (QED) is 0.263. The van der Waals surface area contributed by atoms with Crippen molar-refractivity contribution in [2.24, 2.45) is 0 Å². The average molecular weight is 304 g/mol. The van der Waals surface area contributed by atoms with Crippen LogP contribution >= 0.6 is 7.82 Å². The van der Waals surface area contributed by atoms with Crippen molar-refractivity contribution >= 4 is 13.8 Å². The molecule has 12 heteroatoms. The van der Waals surface area contributed by atoms with E-state index >= 15 is 0 Å². The Kier molecular flexibility index (Phi) is 15.2. The second kappa shape index (κ2) is 11.2. The molecular formula is C6H11Na2O9P. The Hall–Kier alpha value is 1.46. The van der Waals surface area contributed by atoms with Crippen LogP contribution in [-0.4, -0.2) is 51.1 Å². The maximum Gasteiger partial charge on any atom is 1.00 e. The molecule has 0 radical (unpaired) electrons. The van der Waals surface area contributed by atoms with Gasteiger partial charge in [-0.25, -0.2) is 0 Å². The first-order chi connectivity index (χ1) is 7.13. The minimum absolute atomic E-state index is 0. The first kappa shape index (κ1) is 24.5. The molecule has 0 spiro atoms. The molecule has 0 saturated heterocycles. The standard InChI is InChI=1S/C6H13O9P.2Na/c7-3(1-5(9)10)6(11)4(8)2-15-16(12,13)14;;/h3-4,6-8,11H,1-2H2,(H,9,10)(H2,12,13,14);;/q;2*+1/p-2/t3-,4-,6+;;/m1../s1. The Labute approximate surface area is 147 Å². The molecule has 0 heterocycles. The molecule has 0 amide bonds. The van der Waals surface area contributed by atoms with Crippen molar-refractivity contribution in [1.82, 2.24) is 0 Å². The van der Waals surface area contributed by atoms with Gasteiger partial charge in [-0.2, -0.15) is 0 Å². The fraction of sp³-hybridized carbons (Fsp3) is 0.833. The number of carboxylic acids is 1. The molecule has 18 heavy (non-hydrogen) atoms. The van der Waals surface area contributed by atoms with Crippen LogP contribution in [0.2, 0.25) is 0 Å². The minimum Gasteiger partial charge on any atom is -0.756 e. The van der Waals surface area contributed by atoms with E-state index in [1.807, 2.05) is 0 Å². The Morgan fingerprint density at radius 2 is 1.67 bits per heavy atom. The summed E-state index contributed by atoms with van der Waals surface area (Å²) in [6.07, 6.45) is -6.59. The van der Waals surface area contributed by atoms with Crippen molar-refractivity contribution in [2.75, 3.05) is 6.61 Å². The van der Waals surface area contributed by atoms with Crippen LogP contribution in [0, 0.1) is 0 Å². The van der Waals surface area contributed by atoms with E-state index in [4.69, 9.17) is 20.2 Å². The van der Waals surface area contributed by atoms with Gasteiger partial charge in [-0.05, 0) is 0 Å². The van der Waals surface area contributed by atoms with Crippen molar-refractivity contribution < 1.29 is 103 Å². The predicted molar refractivity (Wildman–Crippen MR) is 43.4 cm³/mol. The Bertz CT molecular complexity index is 282. The summed E-state index contributed by atoms with van der Waals surface area (Å²) in [6.45, 7) is -1.01. The van der Waals surface area contributed by atoms with Crippen LogP contribution in [0.4, 0.5) is 0 Å². The van der Waals surface area contributed by atoms with Crippen LogP contribution in [0.3, 0.4) is 0 Å². The third-order valence-corrected chi connectivity index (χ3v) is 2.05. The molecule has 1 unspecified atom stereocenters. The number of phosphoric ester groups is 1. The molecule has 0 bridgehead atoms. The van der Waals surface area contributed by atoms with Crippen molar-refractivity contribution in [3.05, 3.63) is 0 Å². The summed E-state index contributed by atoms with van der Waals surface area (Å²) in [5.74, 6) is -1.66. The van der Waals surface area contributed by atoms with Gasteiger partial charge in [0.2, 0.25) is 0 Å². The summed E-state index contributed by atoms with van der Waals surface area (Å²) in [5.41, 5.74) is 0. The SMILES string of the molecule is O=C([O-])C[C@@H](O)[C@H](O)[C@H](O)COP(=O)([O-])O.[Na+].[Na+]. The zero-order valence-electron chi connectivity index (χ0n) is 9.92. The van der Waals surface area contributed by atoms with E-state index in [9.17, 15) is 19.4 Å². The van der Waals surface area contributed by atoms with Crippen LogP contribution in [0.1, 0.15) is 6.42 Å². The molecule has 0 aliphatic rings. The molecule has 0 rings (SSSR count). The number of aliphatic carboxylic acids is 1. The molecule has 0 saturated carbocycles. The smallest absolute Gasteiger partial charge is 0.756 e. The molecule has 9 nitrogen and oxygen atoms in total. The number of carboxylic acid groups (broad SMARTS) is 1. The van der Waals surface area contributed by atoms with E-state index in [2.05, 4.69) is 4.52 Å². The van der Waals surface area contributed by atoms with Gasteiger partial charge in [0, 0.05) is 12.4 Å². The van der Waals surface area contributed by atoms with Crippen LogP contribution in [-0.2, 0) is 13.9 Å². The Balaban J connectivity index is -0.00000112. The summed E-state index contributed by atoms with van der Waals surface area (Å²) in [6, 6.07) is 0. The van der Waals surface area contributed by atoms with E-state index < -0.39 is 45.1 Å². The first-order valence-electron chi connectivity index (χ1n) is 4.06. The molecule has 96 valence electrons. The molecular weight excluding hydrogens is 293 g/mol. The largest absolute Gasteiger partial charge is 1.00 e. The van der Waals surface area contributed by atoms with E-state index in [-0.39, 0.29) is 59.1 Å². The summed E-state index contributed by atoms with van der Waals surface area (Å²) in [5, 5.41) is 37.1. The topological polar surface area (TPSA) is 170 Å². The number of hydrogen-bond acceptors (Lipinski definition) is 8. The van der Waals surface area contributed by atoms with E-state index in [1.165, 1.54) is 0 Å². The number of hydrogen-bond donors (Lipinski definition) is 4. The van der Waals surface area contributed by atoms with E-state index in [1.54, 1.807) is 0 Å². The number of carbonyl (C=O) groups is 1. The fourth-order valence-corrected chi connectivity index (χ4v) is 1.16. The van der Waals surface area contributed by atoms with Gasteiger partial charge in [0.05, 0.1) is 12.7 Å². The third-order valence-electron chi connectivity index (χ3n) is 1.57. The van der Waals surface area contributed by atoms with E-state index in [0.29, 0.717) is 0 Å². The van der Waals surface area contributed by atoms with Gasteiger partial charge in [0.25, 0.3) is 7.82 Å². The summed E-state index contributed by atoms with van der Waals surface area (Å²) < 4.78 is 13.8. The third kappa shape index (κ3) is 12.5. The average Bonchev–Trinajstić information content (AvgIpc) is 2.10. The second-order valence-corrected chi connectivity index (χ2v) is 4.16. The van der Waals surface area contributed by atoms with Gasteiger partial charge < -0.3 is 39.5 Å². The van der Waals surface area contributed by atoms with Gasteiger partial charge in [-0.3, -0.25) is 4.57 Å². The Morgan fingerprint density at radius 1 is 1.22 bits per heavy atom. The molecule has 0 aliphatic carbocycles. The molecule has 0 aromatic heterocycles. The normalized spacial score (nSPS) is 18.5. The molecule has 0 aliphatic heterocycles. The van der Waals surface area contributed by atoms with Gasteiger partial charge in [-0.15, -0.1) is 0 Å². The second-order valence-electron chi connectivity index (χ2n) is 2.97. The molecule has 0 fully saturated rings. The number of rotatable bonds is 7. The number of phosphoric acid groups is 1. The van der Waals surface area contributed by atoms with Gasteiger partial charge in [-0.1, -0.05) is 0 Å². The number of carbonyl (C=O) groups excluding carboxylic acids is 1. The maximum absolute atomic E-state index is 10.1. The van der Waals surface area contributed by atoms with E-state index in [0.717, 1.165) is 0 Å². The first-order valence-corrected chi connectivity index (χ1v) is 5.55. The predicted octanol–water partition coefficient (Wildman–Crippen LogP) is -10.3. The zero-order chi connectivity index (χ0) is 12.9. The zero-order valence-corrected chi connectivity index (χ0v) is 14.8. The monoisotopic (exact) mass is 304 g/mol. The van der Waals surface area contributed by atoms with Crippen LogP contribution in [0.15, 0.2) is 0 Å². The van der Waals surface area contributed by atoms with Crippen LogP contribution in [0.25, 0.3) is 0 Å². The minimum atomic E-state index is -5.05. The van der Waals surface area contributed by atoms with Crippen molar-refractivity contribution in [3.63, 3.8) is 0 Å². The Morgan fingerprint density at radius 3 is 2.00 bits per heavy atom. The van der Waals surface area contributed by atoms with Gasteiger partial charge in [0.1, 0.15) is 12.2 Å². The molecule has 4 atom stereocenters. The van der Waals surface area contributed by atoms with Gasteiger partial charge >= 0.3 is 59.1 Å². The van der Waals surface area contributed by atoms with Crippen molar-refractivity contribution in [2.45, 2.75) is 24.7 Å². The maximum atomic E-state index is 10.1. The van der Waals surface area contributed by atoms with Crippen LogP contribution < -0.4 is 69.1 Å². The number of aliphatic hydroxyl groups is 3. The molecule has 4 N–H and O–H groups in total. The van der Waals surface area contributed by atoms with Crippen molar-refractivity contribution in [3.8, 4) is 0 Å². The summed E-state index contributed by atoms with van der Waals surface area (Å²) in [7, 11) is -5.05. The molecule has 0 aromatic rings.